The molecular weight excluding hydrogens is 230 g/mol. The zero-order valence-electron chi connectivity index (χ0n) is 9.11. The van der Waals surface area contributed by atoms with Crippen LogP contribution in [-0.2, 0) is 0 Å². The Morgan fingerprint density at radius 2 is 2.19 bits per heavy atom. The van der Waals surface area contributed by atoms with Gasteiger partial charge in [0.25, 0.3) is 0 Å². The highest BCUT2D eigenvalue weighted by atomic mass is 35.5. The normalized spacial score (nSPS) is 12.2. The molecule has 0 aliphatic carbocycles. The third kappa shape index (κ3) is 3.56. The van der Waals surface area contributed by atoms with E-state index in [4.69, 9.17) is 26.6 Å². The fourth-order valence-electron chi connectivity index (χ4n) is 1.36. The van der Waals surface area contributed by atoms with Gasteiger partial charge in [-0.3, -0.25) is 0 Å². The average molecular weight is 246 g/mol. The SMILES string of the molecule is COc1ccc(NC(CO)CCO)cc1Cl. The standard InChI is InChI=1S/C11H16ClNO3/c1-16-11-3-2-8(6-10(11)12)13-9(7-15)4-5-14/h2-3,6,9,13-15H,4-5,7H2,1H3. The van der Waals surface area contributed by atoms with Crippen molar-refractivity contribution in [1.29, 1.82) is 0 Å². The van der Waals surface area contributed by atoms with Gasteiger partial charge in [-0.1, -0.05) is 11.6 Å². The quantitative estimate of drug-likeness (QED) is 0.711. The van der Waals surface area contributed by atoms with Crippen LogP contribution in [0.2, 0.25) is 5.02 Å². The summed E-state index contributed by atoms with van der Waals surface area (Å²) in [7, 11) is 1.55. The van der Waals surface area contributed by atoms with Crippen molar-refractivity contribution in [3.8, 4) is 5.75 Å². The van der Waals surface area contributed by atoms with E-state index in [1.807, 2.05) is 6.07 Å². The van der Waals surface area contributed by atoms with Crippen molar-refractivity contribution in [2.75, 3.05) is 25.6 Å². The van der Waals surface area contributed by atoms with E-state index < -0.39 is 0 Å². The molecule has 16 heavy (non-hydrogen) atoms. The van der Waals surface area contributed by atoms with E-state index in [0.717, 1.165) is 5.69 Å². The van der Waals surface area contributed by atoms with Crippen molar-refractivity contribution in [1.82, 2.24) is 0 Å². The highest BCUT2D eigenvalue weighted by Crippen LogP contribution is 2.27. The van der Waals surface area contributed by atoms with Crippen molar-refractivity contribution in [2.24, 2.45) is 0 Å². The third-order valence-electron chi connectivity index (χ3n) is 2.22. The molecule has 0 heterocycles. The lowest BCUT2D eigenvalue weighted by Gasteiger charge is -2.17. The van der Waals surface area contributed by atoms with Gasteiger partial charge in [0.1, 0.15) is 5.75 Å². The van der Waals surface area contributed by atoms with E-state index in [1.165, 1.54) is 0 Å². The molecule has 0 spiro atoms. The number of anilines is 1. The van der Waals surface area contributed by atoms with Crippen molar-refractivity contribution < 1.29 is 14.9 Å². The highest BCUT2D eigenvalue weighted by molar-refractivity contribution is 6.32. The molecule has 0 saturated carbocycles. The number of methoxy groups -OCH3 is 1. The number of hydrogen-bond acceptors (Lipinski definition) is 4. The second kappa shape index (κ2) is 6.58. The summed E-state index contributed by atoms with van der Waals surface area (Å²) in [6.45, 7) is -0.00762. The van der Waals surface area contributed by atoms with Crippen LogP contribution >= 0.6 is 11.6 Å². The molecule has 1 rings (SSSR count). The maximum Gasteiger partial charge on any atom is 0.137 e. The van der Waals surface area contributed by atoms with Crippen LogP contribution in [-0.4, -0.2) is 36.6 Å². The summed E-state index contributed by atoms with van der Waals surface area (Å²) >= 11 is 5.96. The first-order chi connectivity index (χ1) is 7.71. The number of aliphatic hydroxyl groups is 2. The lowest BCUT2D eigenvalue weighted by molar-refractivity contribution is 0.229. The highest BCUT2D eigenvalue weighted by Gasteiger charge is 2.08. The molecule has 0 aromatic heterocycles. The summed E-state index contributed by atoms with van der Waals surface area (Å²) in [4.78, 5) is 0. The van der Waals surface area contributed by atoms with Crippen LogP contribution in [0.1, 0.15) is 6.42 Å². The van der Waals surface area contributed by atoms with E-state index in [9.17, 15) is 0 Å². The van der Waals surface area contributed by atoms with E-state index >= 15 is 0 Å². The molecule has 0 amide bonds. The topological polar surface area (TPSA) is 61.7 Å². The predicted molar refractivity (Wildman–Crippen MR) is 64.2 cm³/mol. The van der Waals surface area contributed by atoms with E-state index in [-0.39, 0.29) is 19.3 Å². The first-order valence-electron chi connectivity index (χ1n) is 5.03. The number of rotatable bonds is 6. The Kier molecular flexibility index (Phi) is 5.38. The molecule has 0 radical (unpaired) electrons. The Hall–Kier alpha value is -0.970. The Balaban J connectivity index is 2.69. The van der Waals surface area contributed by atoms with Gasteiger partial charge >= 0.3 is 0 Å². The molecule has 0 saturated heterocycles. The zero-order valence-corrected chi connectivity index (χ0v) is 9.87. The molecule has 0 bridgehead atoms. The number of nitrogens with one attached hydrogen (secondary N) is 1. The summed E-state index contributed by atoms with van der Waals surface area (Å²) in [6.07, 6.45) is 0.486. The molecule has 0 aliphatic heterocycles. The molecule has 5 heteroatoms. The minimum atomic E-state index is -0.172. The van der Waals surface area contributed by atoms with Crippen LogP contribution in [0.4, 0.5) is 5.69 Å². The van der Waals surface area contributed by atoms with Crippen molar-refractivity contribution in [3.63, 3.8) is 0 Å². The van der Waals surface area contributed by atoms with Gasteiger partial charge in [0.05, 0.1) is 24.8 Å². The minimum Gasteiger partial charge on any atom is -0.495 e. The van der Waals surface area contributed by atoms with Crippen molar-refractivity contribution in [3.05, 3.63) is 23.2 Å². The maximum atomic E-state index is 9.06. The third-order valence-corrected chi connectivity index (χ3v) is 2.52. The molecule has 1 atom stereocenters. The summed E-state index contributed by atoms with van der Waals surface area (Å²) in [5.74, 6) is 0.606. The molecular formula is C11H16ClNO3. The Morgan fingerprint density at radius 1 is 1.44 bits per heavy atom. The number of ether oxygens (including phenoxy) is 1. The van der Waals surface area contributed by atoms with Gasteiger partial charge in [-0.2, -0.15) is 0 Å². The van der Waals surface area contributed by atoms with Gasteiger partial charge in [-0.15, -0.1) is 0 Å². The average Bonchev–Trinajstić information content (AvgIpc) is 2.28. The van der Waals surface area contributed by atoms with Crippen molar-refractivity contribution in [2.45, 2.75) is 12.5 Å². The molecule has 3 N–H and O–H groups in total. The fraction of sp³-hybridized carbons (Fsp3) is 0.455. The van der Waals surface area contributed by atoms with E-state index in [0.29, 0.717) is 17.2 Å². The Bertz CT molecular complexity index is 333. The number of hydrogen-bond donors (Lipinski definition) is 3. The zero-order chi connectivity index (χ0) is 12.0. The van der Waals surface area contributed by atoms with Crippen LogP contribution < -0.4 is 10.1 Å². The van der Waals surface area contributed by atoms with Gasteiger partial charge in [0.15, 0.2) is 0 Å². The molecule has 4 nitrogen and oxygen atoms in total. The van der Waals surface area contributed by atoms with Crippen LogP contribution in [0.15, 0.2) is 18.2 Å². The predicted octanol–water partition coefficient (Wildman–Crippen LogP) is 1.50. The summed E-state index contributed by atoms with van der Waals surface area (Å²) in [6, 6.07) is 5.11. The molecule has 0 aliphatic rings. The monoisotopic (exact) mass is 245 g/mol. The first-order valence-corrected chi connectivity index (χ1v) is 5.40. The van der Waals surface area contributed by atoms with Crippen molar-refractivity contribution >= 4 is 17.3 Å². The van der Waals surface area contributed by atoms with Gasteiger partial charge in [-0.05, 0) is 24.6 Å². The van der Waals surface area contributed by atoms with Gasteiger partial charge in [0, 0.05) is 12.3 Å². The number of aliphatic hydroxyl groups excluding tert-OH is 2. The summed E-state index contributed by atoms with van der Waals surface area (Å²) < 4.78 is 5.03. The molecule has 1 unspecified atom stereocenters. The lowest BCUT2D eigenvalue weighted by atomic mass is 10.2. The van der Waals surface area contributed by atoms with Crippen LogP contribution in [0, 0.1) is 0 Å². The van der Waals surface area contributed by atoms with Gasteiger partial charge in [0.2, 0.25) is 0 Å². The molecule has 0 fully saturated rings. The Labute approximate surface area is 99.8 Å². The number of halogens is 1. The van der Waals surface area contributed by atoms with Crippen LogP contribution in [0.3, 0.4) is 0 Å². The van der Waals surface area contributed by atoms with Crippen LogP contribution in [0.5, 0.6) is 5.75 Å². The molecule has 90 valence electrons. The van der Waals surface area contributed by atoms with Gasteiger partial charge in [-0.25, -0.2) is 0 Å². The molecule has 1 aromatic carbocycles. The Morgan fingerprint density at radius 3 is 2.69 bits per heavy atom. The number of benzene rings is 1. The fourth-order valence-corrected chi connectivity index (χ4v) is 1.61. The van der Waals surface area contributed by atoms with Gasteiger partial charge < -0.3 is 20.3 Å². The summed E-state index contributed by atoms with van der Waals surface area (Å²) in [5.41, 5.74) is 0.790. The smallest absolute Gasteiger partial charge is 0.137 e. The largest absolute Gasteiger partial charge is 0.495 e. The minimum absolute atomic E-state index is 0.0299. The van der Waals surface area contributed by atoms with E-state index in [1.54, 1.807) is 19.2 Å². The van der Waals surface area contributed by atoms with Crippen LogP contribution in [0.25, 0.3) is 0 Å². The summed E-state index contributed by atoms with van der Waals surface area (Å²) in [5, 5.41) is 21.4. The second-order valence-electron chi connectivity index (χ2n) is 3.39. The van der Waals surface area contributed by atoms with E-state index in [2.05, 4.69) is 5.32 Å². The maximum absolute atomic E-state index is 9.06. The lowest BCUT2D eigenvalue weighted by Crippen LogP contribution is -2.24. The second-order valence-corrected chi connectivity index (χ2v) is 3.79. The molecule has 1 aromatic rings. The first kappa shape index (κ1) is 13.1.